The van der Waals surface area contributed by atoms with Crippen LogP contribution in [0.5, 0.6) is 0 Å². The Hall–Kier alpha value is -1.30. The maximum atomic E-state index is 12.4. The molecule has 0 aliphatic carbocycles. The van der Waals surface area contributed by atoms with Crippen LogP contribution in [0.2, 0.25) is 0 Å². The van der Waals surface area contributed by atoms with Gasteiger partial charge in [0.1, 0.15) is 0 Å². The Morgan fingerprint density at radius 2 is 1.77 bits per heavy atom. The molecule has 1 amide bonds. The van der Waals surface area contributed by atoms with Crippen LogP contribution in [0.1, 0.15) is 58.8 Å². The van der Waals surface area contributed by atoms with Crippen LogP contribution in [0, 0.1) is 5.92 Å². The first-order valence-electron chi connectivity index (χ1n) is 10.6. The summed E-state index contributed by atoms with van der Waals surface area (Å²) in [5.74, 6) is 1.96. The van der Waals surface area contributed by atoms with Gasteiger partial charge in [-0.15, -0.1) is 0 Å². The quantitative estimate of drug-likeness (QED) is 0.412. The van der Waals surface area contributed by atoms with Crippen LogP contribution in [0.3, 0.4) is 0 Å². The molecule has 6 nitrogen and oxygen atoms in total. The number of nitrogens with one attached hydrogen (secondary N) is 2. The van der Waals surface area contributed by atoms with Gasteiger partial charge in [-0.2, -0.15) is 0 Å². The number of nitrogens with zero attached hydrogens (tertiary/aromatic N) is 3. The fraction of sp³-hybridized carbons (Fsp3) is 0.900. The maximum absolute atomic E-state index is 12.4. The lowest BCUT2D eigenvalue weighted by Gasteiger charge is -2.33. The maximum Gasteiger partial charge on any atom is 0.224 e. The molecule has 0 aromatic rings. The van der Waals surface area contributed by atoms with E-state index in [1.165, 1.54) is 32.4 Å². The molecule has 2 saturated heterocycles. The van der Waals surface area contributed by atoms with Gasteiger partial charge in [-0.3, -0.25) is 9.79 Å². The molecule has 0 bridgehead atoms. The van der Waals surface area contributed by atoms with E-state index in [0.717, 1.165) is 50.8 Å². The third kappa shape index (κ3) is 7.14. The van der Waals surface area contributed by atoms with Crippen molar-refractivity contribution < 1.29 is 4.79 Å². The van der Waals surface area contributed by atoms with Crippen LogP contribution in [-0.2, 0) is 4.79 Å². The predicted molar refractivity (Wildman–Crippen MR) is 108 cm³/mol. The van der Waals surface area contributed by atoms with Gasteiger partial charge < -0.3 is 20.4 Å². The van der Waals surface area contributed by atoms with Crippen LogP contribution < -0.4 is 10.6 Å². The number of rotatable bonds is 7. The summed E-state index contributed by atoms with van der Waals surface area (Å²) < 4.78 is 0. The van der Waals surface area contributed by atoms with Crippen molar-refractivity contribution in [2.24, 2.45) is 10.9 Å². The van der Waals surface area contributed by atoms with Crippen molar-refractivity contribution in [1.82, 2.24) is 20.4 Å². The fourth-order valence-electron chi connectivity index (χ4n) is 3.92. The monoisotopic (exact) mass is 365 g/mol. The summed E-state index contributed by atoms with van der Waals surface area (Å²) in [5, 5.41) is 6.64. The topological polar surface area (TPSA) is 60.0 Å². The van der Waals surface area contributed by atoms with Gasteiger partial charge in [0.2, 0.25) is 5.91 Å². The standard InChI is InChI=1S/C20H39N5O/c1-17-9-15-24(16-10-17)13-6-11-22-20(21-3)23-12-8-19(26)25-14-5-4-7-18(25)2/h17-18H,4-16H2,1-3H3,(H2,21,22,23). The normalized spacial score (nSPS) is 23.1. The molecule has 2 aliphatic heterocycles. The summed E-state index contributed by atoms with van der Waals surface area (Å²) in [7, 11) is 1.79. The highest BCUT2D eigenvalue weighted by Gasteiger charge is 2.22. The second kappa shape index (κ2) is 11.4. The van der Waals surface area contributed by atoms with Gasteiger partial charge in [-0.05, 0) is 71.0 Å². The van der Waals surface area contributed by atoms with Gasteiger partial charge in [-0.25, -0.2) is 0 Å². The molecule has 2 aliphatic rings. The molecule has 2 N–H and O–H groups in total. The van der Waals surface area contributed by atoms with Crippen molar-refractivity contribution in [3.63, 3.8) is 0 Å². The minimum Gasteiger partial charge on any atom is -0.356 e. The summed E-state index contributed by atoms with van der Waals surface area (Å²) in [6.07, 6.45) is 7.86. The summed E-state index contributed by atoms with van der Waals surface area (Å²) in [6, 6.07) is 0.395. The lowest BCUT2D eigenvalue weighted by molar-refractivity contribution is -0.134. The summed E-state index contributed by atoms with van der Waals surface area (Å²) in [5.41, 5.74) is 0. The number of guanidine groups is 1. The minimum atomic E-state index is 0.263. The molecule has 0 saturated carbocycles. The molecule has 2 fully saturated rings. The fourth-order valence-corrected chi connectivity index (χ4v) is 3.92. The van der Waals surface area contributed by atoms with Crippen LogP contribution in [0.25, 0.3) is 0 Å². The Balaban J connectivity index is 1.55. The number of carbonyl (C=O) groups excluding carboxylic acids is 1. The summed E-state index contributed by atoms with van der Waals surface area (Å²) >= 11 is 0. The van der Waals surface area contributed by atoms with Crippen LogP contribution in [-0.4, -0.2) is 74.0 Å². The van der Waals surface area contributed by atoms with Crippen molar-refractivity contribution in [2.75, 3.05) is 46.3 Å². The van der Waals surface area contributed by atoms with Crippen molar-refractivity contribution in [3.05, 3.63) is 0 Å². The first kappa shape index (κ1) is 21.0. The zero-order chi connectivity index (χ0) is 18.8. The second-order valence-electron chi connectivity index (χ2n) is 7.99. The largest absolute Gasteiger partial charge is 0.356 e. The Morgan fingerprint density at radius 3 is 2.46 bits per heavy atom. The molecule has 0 radical (unpaired) electrons. The number of likely N-dealkylation sites (tertiary alicyclic amines) is 2. The van der Waals surface area contributed by atoms with E-state index < -0.39 is 0 Å². The molecule has 0 aromatic heterocycles. The van der Waals surface area contributed by atoms with Gasteiger partial charge in [-0.1, -0.05) is 6.92 Å². The zero-order valence-electron chi connectivity index (χ0n) is 17.1. The highest BCUT2D eigenvalue weighted by molar-refractivity contribution is 5.81. The zero-order valence-corrected chi connectivity index (χ0v) is 17.1. The van der Waals surface area contributed by atoms with E-state index in [9.17, 15) is 4.79 Å². The Labute approximate surface area is 159 Å². The predicted octanol–water partition coefficient (Wildman–Crippen LogP) is 2.06. The average Bonchev–Trinajstić information content (AvgIpc) is 2.65. The summed E-state index contributed by atoms with van der Waals surface area (Å²) in [6.45, 7) is 10.6. The van der Waals surface area contributed by atoms with Crippen molar-refractivity contribution in [3.8, 4) is 0 Å². The van der Waals surface area contributed by atoms with E-state index in [1.54, 1.807) is 7.05 Å². The van der Waals surface area contributed by atoms with Crippen LogP contribution in [0.4, 0.5) is 0 Å². The minimum absolute atomic E-state index is 0.263. The highest BCUT2D eigenvalue weighted by Crippen LogP contribution is 2.17. The number of aliphatic imine (C=N–C) groups is 1. The van der Waals surface area contributed by atoms with E-state index in [1.807, 2.05) is 4.90 Å². The molecule has 6 heteroatoms. The molecule has 0 spiro atoms. The molecular weight excluding hydrogens is 326 g/mol. The van der Waals surface area contributed by atoms with E-state index >= 15 is 0 Å². The second-order valence-corrected chi connectivity index (χ2v) is 7.99. The number of piperidine rings is 2. The number of hydrogen-bond acceptors (Lipinski definition) is 3. The first-order valence-corrected chi connectivity index (χ1v) is 10.6. The molecule has 1 atom stereocenters. The summed E-state index contributed by atoms with van der Waals surface area (Å²) in [4.78, 5) is 21.2. The Morgan fingerprint density at radius 1 is 1.04 bits per heavy atom. The van der Waals surface area contributed by atoms with Crippen molar-refractivity contribution in [2.45, 2.75) is 64.8 Å². The molecule has 2 rings (SSSR count). The molecule has 0 aromatic carbocycles. The van der Waals surface area contributed by atoms with E-state index in [0.29, 0.717) is 19.0 Å². The molecular formula is C20H39N5O. The van der Waals surface area contributed by atoms with Crippen molar-refractivity contribution in [1.29, 1.82) is 0 Å². The van der Waals surface area contributed by atoms with Crippen LogP contribution >= 0.6 is 0 Å². The highest BCUT2D eigenvalue weighted by atomic mass is 16.2. The first-order chi connectivity index (χ1) is 12.6. The SMILES string of the molecule is CN=C(NCCCN1CCC(C)CC1)NCCC(=O)N1CCCCC1C. The number of hydrogen-bond donors (Lipinski definition) is 2. The molecule has 1 unspecified atom stereocenters. The lowest BCUT2D eigenvalue weighted by atomic mass is 9.99. The third-order valence-electron chi connectivity index (χ3n) is 5.80. The van der Waals surface area contributed by atoms with Gasteiger partial charge in [0.25, 0.3) is 0 Å². The molecule has 26 heavy (non-hydrogen) atoms. The van der Waals surface area contributed by atoms with E-state index in [2.05, 4.69) is 34.4 Å². The number of amides is 1. The van der Waals surface area contributed by atoms with Crippen molar-refractivity contribution >= 4 is 11.9 Å². The van der Waals surface area contributed by atoms with Gasteiger partial charge in [0.15, 0.2) is 5.96 Å². The van der Waals surface area contributed by atoms with Crippen LogP contribution in [0.15, 0.2) is 4.99 Å². The molecule has 150 valence electrons. The van der Waals surface area contributed by atoms with E-state index in [-0.39, 0.29) is 5.91 Å². The lowest BCUT2D eigenvalue weighted by Crippen LogP contribution is -2.44. The smallest absolute Gasteiger partial charge is 0.224 e. The van der Waals surface area contributed by atoms with Gasteiger partial charge in [0.05, 0.1) is 0 Å². The molecule has 2 heterocycles. The Bertz CT molecular complexity index is 445. The number of carbonyl (C=O) groups is 1. The van der Waals surface area contributed by atoms with E-state index in [4.69, 9.17) is 0 Å². The Kier molecular flexibility index (Phi) is 9.23. The third-order valence-corrected chi connectivity index (χ3v) is 5.80. The average molecular weight is 366 g/mol. The van der Waals surface area contributed by atoms with Gasteiger partial charge in [0, 0.05) is 39.1 Å². The van der Waals surface area contributed by atoms with Gasteiger partial charge >= 0.3 is 0 Å².